The van der Waals surface area contributed by atoms with Gasteiger partial charge in [0.05, 0.1) is 11.8 Å². The monoisotopic (exact) mass is 247 g/mol. The van der Waals surface area contributed by atoms with Gasteiger partial charge in [-0.3, -0.25) is 0 Å². The van der Waals surface area contributed by atoms with Crippen LogP contribution in [0.4, 0.5) is 5.82 Å². The molecule has 0 aliphatic carbocycles. The quantitative estimate of drug-likeness (QED) is 0.861. The summed E-state index contributed by atoms with van der Waals surface area (Å²) in [6.07, 6.45) is 2.95. The normalized spacial score (nSPS) is 12.1. The third kappa shape index (κ3) is 2.65. The van der Waals surface area contributed by atoms with Crippen LogP contribution < -0.4 is 5.32 Å². The molecule has 0 saturated heterocycles. The first-order valence-electron chi connectivity index (χ1n) is 5.44. The van der Waals surface area contributed by atoms with E-state index in [1.165, 1.54) is 12.3 Å². The number of aromatic carboxylic acids is 1. The van der Waals surface area contributed by atoms with Gasteiger partial charge < -0.3 is 14.8 Å². The average molecular weight is 247 g/mol. The van der Waals surface area contributed by atoms with Crippen LogP contribution in [0.25, 0.3) is 0 Å². The highest BCUT2D eigenvalue weighted by molar-refractivity contribution is 5.87. The number of oxazole rings is 1. The largest absolute Gasteiger partial charge is 0.478 e. The Bertz CT molecular complexity index is 548. The van der Waals surface area contributed by atoms with Crippen molar-refractivity contribution in [3.63, 3.8) is 0 Å². The number of nitrogens with zero attached hydrogens (tertiary/aromatic N) is 2. The highest BCUT2D eigenvalue weighted by Gasteiger charge is 2.12. The number of rotatable bonds is 4. The topological polar surface area (TPSA) is 88.2 Å². The number of hydrogen-bond donors (Lipinski definition) is 2. The number of carbonyl (C=O) groups is 1. The van der Waals surface area contributed by atoms with Crippen LogP contribution in [-0.2, 0) is 0 Å². The van der Waals surface area contributed by atoms with Gasteiger partial charge in [0.1, 0.15) is 17.6 Å². The van der Waals surface area contributed by atoms with Gasteiger partial charge in [-0.15, -0.1) is 0 Å². The lowest BCUT2D eigenvalue weighted by molar-refractivity contribution is 0.0696. The van der Waals surface area contributed by atoms with E-state index >= 15 is 0 Å². The Hall–Kier alpha value is -2.37. The number of hydrogen-bond acceptors (Lipinski definition) is 5. The Morgan fingerprint density at radius 2 is 2.17 bits per heavy atom. The number of anilines is 1. The van der Waals surface area contributed by atoms with E-state index in [1.807, 2.05) is 13.8 Å². The Balaban J connectivity index is 2.07. The molecule has 1 unspecified atom stereocenters. The van der Waals surface area contributed by atoms with Crippen molar-refractivity contribution in [3.05, 3.63) is 41.7 Å². The number of aromatic nitrogens is 2. The van der Waals surface area contributed by atoms with Crippen LogP contribution in [0.2, 0.25) is 0 Å². The van der Waals surface area contributed by atoms with E-state index in [0.29, 0.717) is 11.7 Å². The molecule has 0 aliphatic heterocycles. The Labute approximate surface area is 104 Å². The van der Waals surface area contributed by atoms with Gasteiger partial charge in [0.25, 0.3) is 0 Å². The first-order chi connectivity index (χ1) is 8.56. The SMILES string of the molecule is Cc1cnc(C(C)Nc2ccc(C(=O)O)cn2)o1. The Kier molecular flexibility index (Phi) is 3.27. The molecule has 2 N–H and O–H groups in total. The predicted molar refractivity (Wildman–Crippen MR) is 64.5 cm³/mol. The Morgan fingerprint density at radius 1 is 1.39 bits per heavy atom. The maximum absolute atomic E-state index is 10.7. The zero-order chi connectivity index (χ0) is 13.1. The second-order valence-electron chi connectivity index (χ2n) is 3.91. The number of aryl methyl sites for hydroxylation is 1. The summed E-state index contributed by atoms with van der Waals surface area (Å²) in [6, 6.07) is 2.96. The maximum atomic E-state index is 10.7. The highest BCUT2D eigenvalue weighted by atomic mass is 16.4. The lowest BCUT2D eigenvalue weighted by Gasteiger charge is -2.10. The van der Waals surface area contributed by atoms with Gasteiger partial charge in [-0.1, -0.05) is 0 Å². The first kappa shape index (κ1) is 12.1. The second kappa shape index (κ2) is 4.87. The van der Waals surface area contributed by atoms with E-state index in [9.17, 15) is 4.79 Å². The molecule has 0 bridgehead atoms. The van der Waals surface area contributed by atoms with Crippen LogP contribution in [-0.4, -0.2) is 21.0 Å². The molecule has 0 aliphatic rings. The summed E-state index contributed by atoms with van der Waals surface area (Å²) < 4.78 is 5.38. The van der Waals surface area contributed by atoms with Crippen molar-refractivity contribution >= 4 is 11.8 Å². The molecule has 0 amide bonds. The maximum Gasteiger partial charge on any atom is 0.337 e. The molecule has 1 atom stereocenters. The van der Waals surface area contributed by atoms with E-state index in [-0.39, 0.29) is 11.6 Å². The third-order valence-corrected chi connectivity index (χ3v) is 2.38. The zero-order valence-corrected chi connectivity index (χ0v) is 10.0. The summed E-state index contributed by atoms with van der Waals surface area (Å²) in [5.74, 6) is 0.887. The molecule has 2 aromatic heterocycles. The molecule has 0 radical (unpaired) electrons. The minimum atomic E-state index is -0.995. The minimum Gasteiger partial charge on any atom is -0.478 e. The molecule has 0 fully saturated rings. The van der Waals surface area contributed by atoms with E-state index < -0.39 is 5.97 Å². The van der Waals surface area contributed by atoms with Crippen LogP contribution >= 0.6 is 0 Å². The van der Waals surface area contributed by atoms with E-state index in [1.54, 1.807) is 12.3 Å². The van der Waals surface area contributed by atoms with Crippen molar-refractivity contribution in [3.8, 4) is 0 Å². The van der Waals surface area contributed by atoms with Gasteiger partial charge in [0, 0.05) is 6.20 Å². The molecule has 2 heterocycles. The number of pyridine rings is 1. The summed E-state index contributed by atoms with van der Waals surface area (Å²) in [6.45, 7) is 3.71. The minimum absolute atomic E-state index is 0.137. The van der Waals surface area contributed by atoms with Crippen molar-refractivity contribution in [2.45, 2.75) is 19.9 Å². The zero-order valence-electron chi connectivity index (χ0n) is 10.0. The first-order valence-corrected chi connectivity index (χ1v) is 5.44. The third-order valence-electron chi connectivity index (χ3n) is 2.38. The van der Waals surface area contributed by atoms with Crippen LogP contribution in [0, 0.1) is 6.92 Å². The molecule has 0 saturated carbocycles. The lowest BCUT2D eigenvalue weighted by Crippen LogP contribution is -2.08. The average Bonchev–Trinajstić information content (AvgIpc) is 2.76. The smallest absolute Gasteiger partial charge is 0.337 e. The fraction of sp³-hybridized carbons (Fsp3) is 0.250. The molecular formula is C12H13N3O3. The molecule has 6 heteroatoms. The summed E-state index contributed by atoms with van der Waals surface area (Å²) in [5, 5.41) is 11.8. The van der Waals surface area contributed by atoms with Gasteiger partial charge >= 0.3 is 5.97 Å². The second-order valence-corrected chi connectivity index (χ2v) is 3.91. The standard InChI is InChI=1S/C12H13N3O3/c1-7-5-14-11(18-7)8(2)15-10-4-3-9(6-13-10)12(16)17/h3-6,8H,1-2H3,(H,13,15)(H,16,17). The highest BCUT2D eigenvalue weighted by Crippen LogP contribution is 2.17. The summed E-state index contributed by atoms with van der Waals surface area (Å²) >= 11 is 0. The van der Waals surface area contributed by atoms with Gasteiger partial charge in [-0.25, -0.2) is 14.8 Å². The van der Waals surface area contributed by atoms with Crippen molar-refractivity contribution in [2.75, 3.05) is 5.32 Å². The molecule has 2 rings (SSSR count). The van der Waals surface area contributed by atoms with E-state index in [0.717, 1.165) is 5.76 Å². The number of carboxylic acids is 1. The molecule has 0 spiro atoms. The van der Waals surface area contributed by atoms with Crippen LogP contribution in [0.5, 0.6) is 0 Å². The van der Waals surface area contributed by atoms with Gasteiger partial charge in [-0.05, 0) is 26.0 Å². The van der Waals surface area contributed by atoms with Crippen molar-refractivity contribution in [2.24, 2.45) is 0 Å². The number of carboxylic acid groups (broad SMARTS) is 1. The summed E-state index contributed by atoms with van der Waals surface area (Å²) in [7, 11) is 0. The van der Waals surface area contributed by atoms with Gasteiger partial charge in [0.2, 0.25) is 5.89 Å². The van der Waals surface area contributed by atoms with Crippen LogP contribution in [0.15, 0.2) is 28.9 Å². The molecule has 6 nitrogen and oxygen atoms in total. The van der Waals surface area contributed by atoms with Crippen LogP contribution in [0.1, 0.15) is 35.0 Å². The number of nitrogens with one attached hydrogen (secondary N) is 1. The van der Waals surface area contributed by atoms with Gasteiger partial charge in [0.15, 0.2) is 0 Å². The lowest BCUT2D eigenvalue weighted by atomic mass is 10.3. The molecule has 18 heavy (non-hydrogen) atoms. The van der Waals surface area contributed by atoms with Crippen molar-refractivity contribution in [1.82, 2.24) is 9.97 Å². The van der Waals surface area contributed by atoms with Crippen molar-refractivity contribution < 1.29 is 14.3 Å². The molecule has 94 valence electrons. The molecule has 2 aromatic rings. The van der Waals surface area contributed by atoms with Gasteiger partial charge in [-0.2, -0.15) is 0 Å². The molecule has 0 aromatic carbocycles. The molecular weight excluding hydrogens is 234 g/mol. The van der Waals surface area contributed by atoms with E-state index in [2.05, 4.69) is 15.3 Å². The van der Waals surface area contributed by atoms with Crippen LogP contribution in [0.3, 0.4) is 0 Å². The summed E-state index contributed by atoms with van der Waals surface area (Å²) in [4.78, 5) is 18.8. The Morgan fingerprint density at radius 3 is 2.67 bits per heavy atom. The fourth-order valence-corrected chi connectivity index (χ4v) is 1.46. The predicted octanol–water partition coefficient (Wildman–Crippen LogP) is 2.25. The fourth-order valence-electron chi connectivity index (χ4n) is 1.46. The van der Waals surface area contributed by atoms with E-state index in [4.69, 9.17) is 9.52 Å². The summed E-state index contributed by atoms with van der Waals surface area (Å²) in [5.41, 5.74) is 0.153. The van der Waals surface area contributed by atoms with Crippen molar-refractivity contribution in [1.29, 1.82) is 0 Å².